The van der Waals surface area contributed by atoms with E-state index in [-0.39, 0.29) is 5.75 Å². The third-order valence-electron chi connectivity index (χ3n) is 1.55. The Labute approximate surface area is 115 Å². The maximum absolute atomic E-state index is 9.56. The molecule has 16 heavy (non-hydrogen) atoms. The van der Waals surface area contributed by atoms with Crippen LogP contribution in [0.3, 0.4) is 0 Å². The summed E-state index contributed by atoms with van der Waals surface area (Å²) in [5.41, 5.74) is 0. The Hall–Kier alpha value is 0.790. The number of aliphatic hydroxyl groups is 1. The quantitative estimate of drug-likeness (QED) is 0.363. The van der Waals surface area contributed by atoms with E-state index in [4.69, 9.17) is 9.66 Å². The van der Waals surface area contributed by atoms with Crippen LogP contribution in [0.2, 0.25) is 3.67 Å². The Kier molecular flexibility index (Phi) is 16.6. The van der Waals surface area contributed by atoms with Crippen molar-refractivity contribution in [3.8, 4) is 0 Å². The molecule has 6 nitrogen and oxygen atoms in total. The van der Waals surface area contributed by atoms with Crippen molar-refractivity contribution in [2.75, 3.05) is 38.5 Å². The van der Waals surface area contributed by atoms with Crippen molar-refractivity contribution in [1.29, 1.82) is 0 Å². The number of rotatable bonds is 2. The predicted octanol–water partition coefficient (Wildman–Crippen LogP) is -1.36. The van der Waals surface area contributed by atoms with Crippen LogP contribution in [0.15, 0.2) is 0 Å². The van der Waals surface area contributed by atoms with Crippen LogP contribution in [0, 0.1) is 0 Å². The van der Waals surface area contributed by atoms with Gasteiger partial charge in [-0.3, -0.25) is 4.55 Å². The molecule has 1 heterocycles. The SMILES string of the molecule is C1CNCCN1.CCS(=O)(=O)O.OC[CH2][Na]. The standard InChI is InChI=1S/C4H10N2.C2H6O3S.C2H5O.Na/c1-2-6-4-3-5-1;1-2-6(3,4)5;1-2-3;/h5-6H,1-4H2;2H2,1H3,(H,3,4,5);3H,1-2H2;. The van der Waals surface area contributed by atoms with Crippen molar-refractivity contribution in [2.24, 2.45) is 0 Å². The van der Waals surface area contributed by atoms with Crippen LogP contribution < -0.4 is 10.6 Å². The summed E-state index contributed by atoms with van der Waals surface area (Å²) in [7, 11) is -3.66. The molecule has 0 atom stereocenters. The van der Waals surface area contributed by atoms with Crippen LogP contribution in [-0.2, 0) is 10.1 Å². The Morgan fingerprint density at radius 1 is 1.19 bits per heavy atom. The zero-order valence-corrected chi connectivity index (χ0v) is 12.9. The Morgan fingerprint density at radius 3 is 1.50 bits per heavy atom. The number of hydrogen-bond acceptors (Lipinski definition) is 5. The molecule has 0 aromatic heterocycles. The first-order valence-corrected chi connectivity index (χ1v) is 8.47. The van der Waals surface area contributed by atoms with Gasteiger partial charge in [0.1, 0.15) is 0 Å². The van der Waals surface area contributed by atoms with E-state index in [9.17, 15) is 8.42 Å². The number of aliphatic hydroxyl groups excluding tert-OH is 1. The number of piperazine rings is 1. The van der Waals surface area contributed by atoms with Crippen LogP contribution in [0.25, 0.3) is 0 Å². The van der Waals surface area contributed by atoms with Gasteiger partial charge >= 0.3 is 43.3 Å². The maximum atomic E-state index is 9.56. The summed E-state index contributed by atoms with van der Waals surface area (Å²) in [5, 5.41) is 14.4. The van der Waals surface area contributed by atoms with Gasteiger partial charge in [-0.1, -0.05) is 0 Å². The molecular formula is C8H21N2NaO4S. The van der Waals surface area contributed by atoms with Gasteiger partial charge in [0.15, 0.2) is 0 Å². The van der Waals surface area contributed by atoms with E-state index >= 15 is 0 Å². The first kappa shape index (κ1) is 19.1. The summed E-state index contributed by atoms with van der Waals surface area (Å²) in [6, 6.07) is 0. The van der Waals surface area contributed by atoms with E-state index in [2.05, 4.69) is 10.6 Å². The molecule has 94 valence electrons. The molecule has 1 fully saturated rings. The van der Waals surface area contributed by atoms with Crippen LogP contribution in [-0.4, -0.2) is 84.5 Å². The molecule has 1 saturated heterocycles. The molecule has 0 unspecified atom stereocenters. The second kappa shape index (κ2) is 13.9. The fraction of sp³-hybridized carbons (Fsp3) is 1.00. The van der Waals surface area contributed by atoms with Gasteiger partial charge in [-0.05, 0) is 6.92 Å². The molecule has 0 aromatic rings. The van der Waals surface area contributed by atoms with E-state index in [0.717, 1.165) is 57.8 Å². The molecule has 0 radical (unpaired) electrons. The summed E-state index contributed by atoms with van der Waals surface area (Å²) >= 11 is 1.14. The Bertz CT molecular complexity index is 207. The molecular weight excluding hydrogens is 243 g/mol. The van der Waals surface area contributed by atoms with Gasteiger partial charge in [0.05, 0.1) is 5.75 Å². The molecule has 1 rings (SSSR count). The van der Waals surface area contributed by atoms with Crippen LogP contribution in [0.5, 0.6) is 0 Å². The van der Waals surface area contributed by atoms with Crippen LogP contribution in [0.4, 0.5) is 0 Å². The minimum atomic E-state index is -3.66. The second-order valence-corrected chi connectivity index (χ2v) is 5.84. The van der Waals surface area contributed by atoms with E-state index in [1.807, 2.05) is 0 Å². The third-order valence-corrected chi connectivity index (χ3v) is 2.72. The van der Waals surface area contributed by atoms with Crippen molar-refractivity contribution < 1.29 is 18.1 Å². The van der Waals surface area contributed by atoms with Gasteiger partial charge in [-0.15, -0.1) is 0 Å². The fourth-order valence-electron chi connectivity index (χ4n) is 0.604. The molecule has 8 heteroatoms. The van der Waals surface area contributed by atoms with E-state index < -0.39 is 10.1 Å². The van der Waals surface area contributed by atoms with Gasteiger partial charge in [0, 0.05) is 26.2 Å². The van der Waals surface area contributed by atoms with Crippen molar-refractivity contribution in [2.45, 2.75) is 10.6 Å². The normalized spacial score (nSPS) is 15.3. The molecule has 1 aliphatic heterocycles. The zero-order valence-electron chi connectivity index (χ0n) is 10.1. The van der Waals surface area contributed by atoms with Crippen molar-refractivity contribution in [3.63, 3.8) is 0 Å². The third kappa shape index (κ3) is 24.2. The summed E-state index contributed by atoms with van der Waals surface area (Å²) in [6.07, 6.45) is 0. The number of hydrogen-bond donors (Lipinski definition) is 4. The molecule has 0 aromatic carbocycles. The van der Waals surface area contributed by atoms with Gasteiger partial charge in [0.2, 0.25) is 0 Å². The fourth-order valence-corrected chi connectivity index (χ4v) is 0.604. The van der Waals surface area contributed by atoms with Gasteiger partial charge < -0.3 is 10.6 Å². The van der Waals surface area contributed by atoms with E-state index in [0.29, 0.717) is 6.61 Å². The zero-order chi connectivity index (χ0) is 12.9. The first-order chi connectivity index (χ1) is 7.47. The molecule has 0 aliphatic carbocycles. The molecule has 0 amide bonds. The molecule has 4 N–H and O–H groups in total. The van der Waals surface area contributed by atoms with Gasteiger partial charge in [0.25, 0.3) is 10.1 Å². The monoisotopic (exact) mass is 264 g/mol. The average Bonchev–Trinajstić information content (AvgIpc) is 2.31. The summed E-state index contributed by atoms with van der Waals surface area (Å²) in [4.78, 5) is 0. The molecule has 0 bridgehead atoms. The summed E-state index contributed by atoms with van der Waals surface area (Å²) < 4.78 is 27.9. The van der Waals surface area contributed by atoms with Crippen molar-refractivity contribution in [1.82, 2.24) is 10.6 Å². The van der Waals surface area contributed by atoms with E-state index in [1.165, 1.54) is 6.92 Å². The van der Waals surface area contributed by atoms with Crippen LogP contribution >= 0.6 is 0 Å². The first-order valence-electron chi connectivity index (χ1n) is 5.45. The number of nitrogens with one attached hydrogen (secondary N) is 2. The van der Waals surface area contributed by atoms with E-state index in [1.54, 1.807) is 0 Å². The van der Waals surface area contributed by atoms with Crippen molar-refractivity contribution in [3.05, 3.63) is 0 Å². The Morgan fingerprint density at radius 2 is 1.44 bits per heavy atom. The molecule has 0 saturated carbocycles. The topological polar surface area (TPSA) is 98.7 Å². The van der Waals surface area contributed by atoms with Crippen LogP contribution in [0.1, 0.15) is 6.92 Å². The van der Waals surface area contributed by atoms with Gasteiger partial charge in [-0.2, -0.15) is 8.42 Å². The summed E-state index contributed by atoms with van der Waals surface area (Å²) in [5.74, 6) is -0.201. The predicted molar refractivity (Wildman–Crippen MR) is 65.5 cm³/mol. The van der Waals surface area contributed by atoms with Gasteiger partial charge in [-0.25, -0.2) is 0 Å². The average molecular weight is 264 g/mol. The molecule has 0 spiro atoms. The Balaban J connectivity index is 0. The second-order valence-electron chi connectivity index (χ2n) is 3.09. The molecule has 1 aliphatic rings. The van der Waals surface area contributed by atoms with Crippen molar-refractivity contribution >= 4 is 38.0 Å². The summed E-state index contributed by atoms with van der Waals surface area (Å²) in [6.45, 7) is 6.31. The minimum absolute atomic E-state index is 0.201.